The molecular formula is C19H28O. The molecule has 6 atom stereocenters. The van der Waals surface area contributed by atoms with E-state index in [1.807, 2.05) is 0 Å². The van der Waals surface area contributed by atoms with Gasteiger partial charge in [-0.05, 0) is 73.5 Å². The summed E-state index contributed by atoms with van der Waals surface area (Å²) in [4.78, 5) is 0. The van der Waals surface area contributed by atoms with Crippen LogP contribution in [0.5, 0.6) is 0 Å². The molecule has 0 radical (unpaired) electrons. The number of aliphatic hydroxyl groups excluding tert-OH is 1. The second-order valence-electron chi connectivity index (χ2n) is 8.34. The van der Waals surface area contributed by atoms with Gasteiger partial charge in [0, 0.05) is 0 Å². The lowest BCUT2D eigenvalue weighted by Crippen LogP contribution is -2.49. The zero-order valence-corrected chi connectivity index (χ0v) is 12.9. The molecule has 20 heavy (non-hydrogen) atoms. The van der Waals surface area contributed by atoms with E-state index in [0.29, 0.717) is 10.8 Å². The molecule has 0 amide bonds. The summed E-state index contributed by atoms with van der Waals surface area (Å²) < 4.78 is 0. The third kappa shape index (κ3) is 1.65. The molecule has 1 nitrogen and oxygen atoms in total. The predicted octanol–water partition coefficient (Wildman–Crippen LogP) is 4.48. The summed E-state index contributed by atoms with van der Waals surface area (Å²) in [5.74, 6) is 2.63. The van der Waals surface area contributed by atoms with Crippen LogP contribution in [0.15, 0.2) is 23.8 Å². The number of allylic oxidation sites excluding steroid dienone is 3. The van der Waals surface area contributed by atoms with Crippen molar-refractivity contribution < 1.29 is 5.11 Å². The summed E-state index contributed by atoms with van der Waals surface area (Å²) in [6.07, 6.45) is 15.9. The van der Waals surface area contributed by atoms with Crippen LogP contribution in [0.4, 0.5) is 0 Å². The highest BCUT2D eigenvalue weighted by molar-refractivity contribution is 5.26. The van der Waals surface area contributed by atoms with Crippen LogP contribution in [0, 0.1) is 28.6 Å². The first-order valence-electron chi connectivity index (χ1n) is 8.58. The van der Waals surface area contributed by atoms with Gasteiger partial charge in [0.15, 0.2) is 0 Å². The van der Waals surface area contributed by atoms with Gasteiger partial charge in [0.2, 0.25) is 0 Å². The van der Waals surface area contributed by atoms with E-state index in [0.717, 1.165) is 30.6 Å². The van der Waals surface area contributed by atoms with E-state index in [1.54, 1.807) is 5.57 Å². The molecule has 110 valence electrons. The largest absolute Gasteiger partial charge is 0.393 e. The van der Waals surface area contributed by atoms with E-state index in [4.69, 9.17) is 0 Å². The Balaban J connectivity index is 1.68. The predicted molar refractivity (Wildman–Crippen MR) is 82.2 cm³/mol. The minimum absolute atomic E-state index is 0.0760. The van der Waals surface area contributed by atoms with Crippen molar-refractivity contribution in [2.45, 2.75) is 64.9 Å². The van der Waals surface area contributed by atoms with Gasteiger partial charge < -0.3 is 5.11 Å². The fraction of sp³-hybridized carbons (Fsp3) is 0.789. The molecule has 0 saturated heterocycles. The molecule has 2 saturated carbocycles. The second kappa shape index (κ2) is 4.22. The van der Waals surface area contributed by atoms with Crippen LogP contribution in [-0.2, 0) is 0 Å². The maximum atomic E-state index is 10.00. The molecule has 0 aromatic heterocycles. The van der Waals surface area contributed by atoms with E-state index in [-0.39, 0.29) is 6.10 Å². The van der Waals surface area contributed by atoms with Crippen LogP contribution in [0.2, 0.25) is 0 Å². The third-order valence-corrected chi connectivity index (χ3v) is 7.40. The van der Waals surface area contributed by atoms with Crippen molar-refractivity contribution in [3.05, 3.63) is 23.8 Å². The average molecular weight is 272 g/mol. The van der Waals surface area contributed by atoms with Gasteiger partial charge >= 0.3 is 0 Å². The zero-order chi connectivity index (χ0) is 14.0. The molecule has 0 heterocycles. The number of aliphatic hydroxyl groups is 1. The Morgan fingerprint density at radius 2 is 1.95 bits per heavy atom. The number of rotatable bonds is 0. The molecule has 1 N–H and O–H groups in total. The van der Waals surface area contributed by atoms with E-state index in [1.165, 1.54) is 32.1 Å². The summed E-state index contributed by atoms with van der Waals surface area (Å²) in [5, 5.41) is 10.00. The maximum absolute atomic E-state index is 10.00. The van der Waals surface area contributed by atoms with Crippen LogP contribution in [0.25, 0.3) is 0 Å². The lowest BCUT2D eigenvalue weighted by Gasteiger charge is -2.57. The smallest absolute Gasteiger partial charge is 0.0577 e. The molecule has 1 heteroatoms. The number of hydrogen-bond acceptors (Lipinski definition) is 1. The summed E-state index contributed by atoms with van der Waals surface area (Å²) in [6, 6.07) is 0. The highest BCUT2D eigenvalue weighted by Crippen LogP contribution is 2.63. The van der Waals surface area contributed by atoms with Gasteiger partial charge in [-0.2, -0.15) is 0 Å². The van der Waals surface area contributed by atoms with Gasteiger partial charge in [0.25, 0.3) is 0 Å². The van der Waals surface area contributed by atoms with Crippen molar-refractivity contribution in [1.29, 1.82) is 0 Å². The van der Waals surface area contributed by atoms with Crippen LogP contribution in [0.1, 0.15) is 58.8 Å². The van der Waals surface area contributed by atoms with Crippen molar-refractivity contribution in [3.63, 3.8) is 0 Å². The normalized spacial score (nSPS) is 53.9. The maximum Gasteiger partial charge on any atom is 0.0577 e. The van der Waals surface area contributed by atoms with Gasteiger partial charge in [-0.15, -0.1) is 0 Å². The van der Waals surface area contributed by atoms with Gasteiger partial charge in [-0.3, -0.25) is 0 Å². The molecule has 2 fully saturated rings. The minimum atomic E-state index is -0.0760. The van der Waals surface area contributed by atoms with Crippen LogP contribution >= 0.6 is 0 Å². The highest BCUT2D eigenvalue weighted by Gasteiger charge is 2.54. The Morgan fingerprint density at radius 1 is 1.10 bits per heavy atom. The van der Waals surface area contributed by atoms with Gasteiger partial charge in [0.05, 0.1) is 6.10 Å². The molecule has 4 aliphatic carbocycles. The standard InChI is InChI=1S/C19H28O/c1-18-9-3-4-16(18)15-6-5-13-12-14(20)7-11-19(13,2)17(15)8-10-18/h3,5,9,14-17,20H,4,6-8,10-12H2,1-2H3/t14-,15-,16+,17+,18-,19-/m0/s1. The first-order valence-corrected chi connectivity index (χ1v) is 8.58. The molecule has 0 aromatic rings. The molecule has 0 unspecified atom stereocenters. The monoisotopic (exact) mass is 272 g/mol. The molecule has 4 rings (SSSR count). The van der Waals surface area contributed by atoms with E-state index in [9.17, 15) is 5.11 Å². The molecule has 4 aliphatic rings. The Morgan fingerprint density at radius 3 is 2.80 bits per heavy atom. The Bertz CT molecular complexity index is 476. The fourth-order valence-corrected chi connectivity index (χ4v) is 6.12. The van der Waals surface area contributed by atoms with Crippen molar-refractivity contribution >= 4 is 0 Å². The summed E-state index contributed by atoms with van der Waals surface area (Å²) in [5.41, 5.74) is 2.47. The molecular weight excluding hydrogens is 244 g/mol. The van der Waals surface area contributed by atoms with Crippen molar-refractivity contribution in [2.75, 3.05) is 0 Å². The second-order valence-corrected chi connectivity index (χ2v) is 8.34. The summed E-state index contributed by atoms with van der Waals surface area (Å²) in [6.45, 7) is 5.00. The van der Waals surface area contributed by atoms with Crippen LogP contribution < -0.4 is 0 Å². The van der Waals surface area contributed by atoms with Crippen molar-refractivity contribution in [2.24, 2.45) is 28.6 Å². The lowest BCUT2D eigenvalue weighted by molar-refractivity contribution is -0.0263. The van der Waals surface area contributed by atoms with Crippen LogP contribution in [-0.4, -0.2) is 11.2 Å². The molecule has 0 bridgehead atoms. The van der Waals surface area contributed by atoms with E-state index < -0.39 is 0 Å². The quantitative estimate of drug-likeness (QED) is 0.645. The van der Waals surface area contributed by atoms with Crippen LogP contribution in [0.3, 0.4) is 0 Å². The molecule has 0 aliphatic heterocycles. The third-order valence-electron chi connectivity index (χ3n) is 7.40. The van der Waals surface area contributed by atoms with Gasteiger partial charge in [0.1, 0.15) is 0 Å². The topological polar surface area (TPSA) is 20.2 Å². The lowest BCUT2D eigenvalue weighted by atomic mass is 9.48. The van der Waals surface area contributed by atoms with Gasteiger partial charge in [-0.1, -0.05) is 37.6 Å². The minimum Gasteiger partial charge on any atom is -0.393 e. The number of hydrogen-bond donors (Lipinski definition) is 1. The first kappa shape index (κ1) is 13.1. The van der Waals surface area contributed by atoms with Crippen molar-refractivity contribution in [3.8, 4) is 0 Å². The Hall–Kier alpha value is -0.560. The summed E-state index contributed by atoms with van der Waals surface area (Å²) >= 11 is 0. The zero-order valence-electron chi connectivity index (χ0n) is 12.9. The highest BCUT2D eigenvalue weighted by atomic mass is 16.3. The van der Waals surface area contributed by atoms with Crippen molar-refractivity contribution in [1.82, 2.24) is 0 Å². The average Bonchev–Trinajstić information content (AvgIpc) is 2.81. The fourth-order valence-electron chi connectivity index (χ4n) is 6.12. The molecule has 0 aromatic carbocycles. The SMILES string of the molecule is C[C@@]12C=CC[C@@H]1[C@@H]1CC=C3C[C@@H](O)CC[C@]3(C)[C@@H]1CC2. The Labute approximate surface area is 123 Å². The Kier molecular flexibility index (Phi) is 2.77. The first-order chi connectivity index (χ1) is 9.53. The summed E-state index contributed by atoms with van der Waals surface area (Å²) in [7, 11) is 0. The van der Waals surface area contributed by atoms with E-state index >= 15 is 0 Å². The van der Waals surface area contributed by atoms with E-state index in [2.05, 4.69) is 32.1 Å². The number of fused-ring (bicyclic) bond motifs is 5. The van der Waals surface area contributed by atoms with Gasteiger partial charge in [-0.25, -0.2) is 0 Å². The molecule has 0 spiro atoms.